The number of carbonyl (C=O) groups excluding carboxylic acids is 2. The third kappa shape index (κ3) is 6.13. The molecule has 0 unspecified atom stereocenters. The molecule has 1 aliphatic rings. The highest BCUT2D eigenvalue weighted by Gasteiger charge is 2.25. The summed E-state index contributed by atoms with van der Waals surface area (Å²) in [4.78, 5) is 25.9. The molecule has 2 aromatic rings. The van der Waals surface area contributed by atoms with Crippen LogP contribution in [-0.4, -0.2) is 63.2 Å². The van der Waals surface area contributed by atoms with Gasteiger partial charge in [0.05, 0.1) is 11.4 Å². The molecule has 8 nitrogen and oxygen atoms in total. The van der Waals surface area contributed by atoms with Crippen LogP contribution in [0.25, 0.3) is 0 Å². The summed E-state index contributed by atoms with van der Waals surface area (Å²) in [5.74, 6) is -0.435. The van der Waals surface area contributed by atoms with Crippen molar-refractivity contribution >= 4 is 27.5 Å². The van der Waals surface area contributed by atoms with Crippen molar-refractivity contribution in [2.24, 2.45) is 0 Å². The molecule has 2 N–H and O–H groups in total. The number of anilines is 1. The molecule has 9 heteroatoms. The molecule has 2 amide bonds. The van der Waals surface area contributed by atoms with Crippen LogP contribution in [0.4, 0.5) is 5.69 Å². The maximum atomic E-state index is 12.9. The number of likely N-dealkylation sites (N-methyl/N-ethyl adjacent to an activating group) is 2. The van der Waals surface area contributed by atoms with Crippen molar-refractivity contribution < 1.29 is 18.0 Å². The Morgan fingerprint density at radius 1 is 1.10 bits per heavy atom. The molecule has 0 aliphatic carbocycles. The van der Waals surface area contributed by atoms with Gasteiger partial charge in [0.1, 0.15) is 0 Å². The largest absolute Gasteiger partial charge is 0.354 e. The molecule has 1 aliphatic heterocycles. The molecule has 0 radical (unpaired) electrons. The molecular formula is C22H28N4O4S. The zero-order chi connectivity index (χ0) is 22.4. The molecule has 0 saturated heterocycles. The van der Waals surface area contributed by atoms with Gasteiger partial charge in [0, 0.05) is 38.8 Å². The highest BCUT2D eigenvalue weighted by molar-refractivity contribution is 7.89. The number of benzene rings is 2. The van der Waals surface area contributed by atoms with Crippen LogP contribution >= 0.6 is 0 Å². The van der Waals surface area contributed by atoms with E-state index in [0.29, 0.717) is 31.6 Å². The summed E-state index contributed by atoms with van der Waals surface area (Å²) in [6.45, 7) is 1.57. The van der Waals surface area contributed by atoms with Gasteiger partial charge in [0.2, 0.25) is 21.8 Å². The Kier molecular flexibility index (Phi) is 7.42. The van der Waals surface area contributed by atoms with Gasteiger partial charge in [-0.3, -0.25) is 9.59 Å². The number of carbonyl (C=O) groups is 2. The van der Waals surface area contributed by atoms with E-state index < -0.39 is 10.0 Å². The summed E-state index contributed by atoms with van der Waals surface area (Å²) in [6, 6.07) is 14.6. The van der Waals surface area contributed by atoms with Gasteiger partial charge in [0.15, 0.2) is 0 Å². The molecule has 31 heavy (non-hydrogen) atoms. The zero-order valence-corrected chi connectivity index (χ0v) is 18.6. The van der Waals surface area contributed by atoms with Crippen molar-refractivity contribution in [1.82, 2.24) is 14.5 Å². The molecule has 0 fully saturated rings. The van der Waals surface area contributed by atoms with E-state index in [1.54, 1.807) is 12.1 Å². The lowest BCUT2D eigenvalue weighted by Gasteiger charge is -2.21. The van der Waals surface area contributed by atoms with Crippen molar-refractivity contribution in [3.8, 4) is 0 Å². The van der Waals surface area contributed by atoms with Gasteiger partial charge in [-0.15, -0.1) is 0 Å². The van der Waals surface area contributed by atoms with Crippen molar-refractivity contribution in [2.45, 2.75) is 24.3 Å². The molecule has 0 aromatic heterocycles. The fourth-order valence-corrected chi connectivity index (χ4v) is 4.58. The lowest BCUT2D eigenvalue weighted by atomic mass is 10.0. The molecule has 0 bridgehead atoms. The van der Waals surface area contributed by atoms with Gasteiger partial charge in [-0.25, -0.2) is 8.42 Å². The van der Waals surface area contributed by atoms with Crippen molar-refractivity contribution in [3.63, 3.8) is 0 Å². The number of hydrogen-bond acceptors (Lipinski definition) is 5. The Hall–Kier alpha value is -2.75. The topological polar surface area (TPSA) is 98.8 Å². The number of rotatable bonds is 9. The minimum Gasteiger partial charge on any atom is -0.354 e. The number of aryl methyl sites for hydroxylation is 1. The van der Waals surface area contributed by atoms with Gasteiger partial charge >= 0.3 is 0 Å². The summed E-state index contributed by atoms with van der Waals surface area (Å²) < 4.78 is 26.7. The van der Waals surface area contributed by atoms with Crippen LogP contribution < -0.4 is 10.6 Å². The van der Waals surface area contributed by atoms with Gasteiger partial charge in [0.25, 0.3) is 0 Å². The van der Waals surface area contributed by atoms with Gasteiger partial charge < -0.3 is 15.5 Å². The van der Waals surface area contributed by atoms with Crippen LogP contribution in [0.15, 0.2) is 53.4 Å². The summed E-state index contributed by atoms with van der Waals surface area (Å²) in [6.07, 6.45) is 0.818. The Morgan fingerprint density at radius 3 is 2.58 bits per heavy atom. The second-order valence-corrected chi connectivity index (χ2v) is 9.75. The number of fused-ring (bicyclic) bond motifs is 1. The Balaban J connectivity index is 1.50. The molecule has 0 saturated carbocycles. The van der Waals surface area contributed by atoms with Gasteiger partial charge in [-0.2, -0.15) is 4.31 Å². The van der Waals surface area contributed by atoms with Crippen LogP contribution in [0.3, 0.4) is 0 Å². The maximum absolute atomic E-state index is 12.9. The average molecular weight is 445 g/mol. The lowest BCUT2D eigenvalue weighted by molar-refractivity contribution is -0.121. The summed E-state index contributed by atoms with van der Waals surface area (Å²) >= 11 is 0. The summed E-state index contributed by atoms with van der Waals surface area (Å²) in [5.41, 5.74) is 2.60. The van der Waals surface area contributed by atoms with E-state index in [1.807, 2.05) is 37.4 Å². The number of amides is 2. The zero-order valence-electron chi connectivity index (χ0n) is 17.8. The predicted octanol–water partition coefficient (Wildman–Crippen LogP) is 1.44. The Bertz CT molecular complexity index is 1040. The van der Waals surface area contributed by atoms with Crippen LogP contribution in [0.5, 0.6) is 0 Å². The van der Waals surface area contributed by atoms with Gasteiger partial charge in [-0.1, -0.05) is 30.3 Å². The average Bonchev–Trinajstić information content (AvgIpc) is 2.73. The molecule has 1 heterocycles. The van der Waals surface area contributed by atoms with Crippen LogP contribution in [-0.2, 0) is 32.6 Å². The third-order valence-electron chi connectivity index (χ3n) is 5.16. The monoisotopic (exact) mass is 444 g/mol. The van der Waals surface area contributed by atoms with Crippen LogP contribution in [0.1, 0.15) is 17.5 Å². The molecule has 166 valence electrons. The number of sulfonamides is 1. The second kappa shape index (κ2) is 10.0. The van der Waals surface area contributed by atoms with E-state index in [1.165, 1.54) is 18.7 Å². The first-order valence-corrected chi connectivity index (χ1v) is 11.6. The van der Waals surface area contributed by atoms with Crippen molar-refractivity contribution in [1.29, 1.82) is 0 Å². The SMILES string of the molecule is CN(CCNC(=O)CN(C)S(=O)(=O)c1ccc2c(c1)CCC(=O)N2)Cc1ccccc1. The number of nitrogens with one attached hydrogen (secondary N) is 2. The highest BCUT2D eigenvalue weighted by Crippen LogP contribution is 2.26. The lowest BCUT2D eigenvalue weighted by Crippen LogP contribution is -2.40. The first-order valence-electron chi connectivity index (χ1n) is 10.1. The minimum atomic E-state index is -3.81. The Labute approximate surface area is 183 Å². The smallest absolute Gasteiger partial charge is 0.243 e. The minimum absolute atomic E-state index is 0.0775. The van der Waals surface area contributed by atoms with Gasteiger partial charge in [-0.05, 0) is 42.8 Å². The molecular weight excluding hydrogens is 416 g/mol. The number of nitrogens with zero attached hydrogens (tertiary/aromatic N) is 2. The van der Waals surface area contributed by atoms with E-state index in [9.17, 15) is 18.0 Å². The van der Waals surface area contributed by atoms with E-state index in [0.717, 1.165) is 16.4 Å². The fourth-order valence-electron chi connectivity index (χ4n) is 3.40. The third-order valence-corrected chi connectivity index (χ3v) is 6.96. The number of hydrogen-bond donors (Lipinski definition) is 2. The molecule has 0 atom stereocenters. The standard InChI is InChI=1S/C22H28N4O4S/c1-25(15-17-6-4-3-5-7-17)13-12-23-22(28)16-26(2)31(29,30)19-9-10-20-18(14-19)8-11-21(27)24-20/h3-7,9-10,14H,8,11-13,15-16H2,1-2H3,(H,23,28)(H,24,27). The predicted molar refractivity (Wildman–Crippen MR) is 119 cm³/mol. The first-order chi connectivity index (χ1) is 14.8. The highest BCUT2D eigenvalue weighted by atomic mass is 32.2. The summed E-state index contributed by atoms with van der Waals surface area (Å²) in [7, 11) is -0.461. The molecule has 0 spiro atoms. The van der Waals surface area contributed by atoms with Crippen molar-refractivity contribution in [2.75, 3.05) is 39.0 Å². The molecule has 2 aromatic carbocycles. The molecule has 3 rings (SSSR count). The van der Waals surface area contributed by atoms with E-state index in [2.05, 4.69) is 15.5 Å². The van der Waals surface area contributed by atoms with Crippen LogP contribution in [0, 0.1) is 0 Å². The van der Waals surface area contributed by atoms with E-state index in [4.69, 9.17) is 0 Å². The first kappa shape index (κ1) is 22.9. The van der Waals surface area contributed by atoms with Crippen LogP contribution in [0.2, 0.25) is 0 Å². The summed E-state index contributed by atoms with van der Waals surface area (Å²) in [5, 5.41) is 5.51. The quantitative estimate of drug-likeness (QED) is 0.610. The Morgan fingerprint density at radius 2 is 1.84 bits per heavy atom. The second-order valence-electron chi connectivity index (χ2n) is 7.70. The normalized spacial score (nSPS) is 13.7. The van der Waals surface area contributed by atoms with E-state index in [-0.39, 0.29) is 23.3 Å². The maximum Gasteiger partial charge on any atom is 0.243 e. The fraction of sp³-hybridized carbons (Fsp3) is 0.364. The van der Waals surface area contributed by atoms with Crippen molar-refractivity contribution in [3.05, 3.63) is 59.7 Å². The van der Waals surface area contributed by atoms with E-state index >= 15 is 0 Å².